The summed E-state index contributed by atoms with van der Waals surface area (Å²) in [5.74, 6) is -0.545. The van der Waals surface area contributed by atoms with Crippen LogP contribution in [0.5, 0.6) is 0 Å². The third-order valence-electron chi connectivity index (χ3n) is 3.72. The number of esters is 1. The second kappa shape index (κ2) is 7.53. The number of benzene rings is 1. The number of rotatable bonds is 6. The lowest BCUT2D eigenvalue weighted by Gasteiger charge is -1.99. The molecule has 1 aliphatic rings. The number of nitrogens with zero attached hydrogens (tertiary/aromatic N) is 1. The zero-order valence-electron chi connectivity index (χ0n) is 14.2. The second-order valence-corrected chi connectivity index (χ2v) is 6.48. The summed E-state index contributed by atoms with van der Waals surface area (Å²) in [5, 5.41) is 11.0. The highest BCUT2D eigenvalue weighted by atomic mass is 32.1. The molecule has 2 aromatic rings. The number of thiophene rings is 1. The van der Waals surface area contributed by atoms with E-state index in [1.54, 1.807) is 13.8 Å². The summed E-state index contributed by atoms with van der Waals surface area (Å²) < 4.78 is 12.9. The highest BCUT2D eigenvalue weighted by Crippen LogP contribution is 2.13. The zero-order chi connectivity index (χ0) is 17.8. The van der Waals surface area contributed by atoms with Crippen molar-refractivity contribution in [2.24, 2.45) is 0 Å². The maximum absolute atomic E-state index is 12.3. The number of hydrogen-bond donors (Lipinski definition) is 1. The van der Waals surface area contributed by atoms with Crippen LogP contribution in [0.15, 0.2) is 30.3 Å². The lowest BCUT2D eigenvalue weighted by Crippen LogP contribution is -2.24. The van der Waals surface area contributed by atoms with Crippen LogP contribution in [0, 0.1) is 0 Å². The normalized spacial score (nSPS) is 13.6. The van der Waals surface area contributed by atoms with Crippen LogP contribution < -0.4 is 9.75 Å². The van der Waals surface area contributed by atoms with E-state index in [2.05, 4.69) is 0 Å². The molecule has 0 fully saturated rings. The van der Waals surface area contributed by atoms with Crippen molar-refractivity contribution in [3.63, 3.8) is 0 Å². The zero-order valence-corrected chi connectivity index (χ0v) is 15.0. The van der Waals surface area contributed by atoms with Crippen LogP contribution in [0.1, 0.15) is 34.6 Å². The molecule has 3 rings (SSSR count). The smallest absolute Gasteiger partial charge is 0.349 e. The van der Waals surface area contributed by atoms with Crippen molar-refractivity contribution in [1.82, 2.24) is 0 Å². The van der Waals surface area contributed by atoms with Crippen LogP contribution in [0.3, 0.4) is 0 Å². The Morgan fingerprint density at radius 1 is 1.16 bits per heavy atom. The van der Waals surface area contributed by atoms with Gasteiger partial charge in [0.15, 0.2) is 19.0 Å². The summed E-state index contributed by atoms with van der Waals surface area (Å²) in [6.45, 7) is 4.91. The van der Waals surface area contributed by atoms with Crippen molar-refractivity contribution in [1.29, 1.82) is 0 Å². The van der Waals surface area contributed by atoms with Crippen LogP contribution in [-0.2, 0) is 16.0 Å². The first-order chi connectivity index (χ1) is 12.1. The number of fused-ring (bicyclic) bond motifs is 1. The Hall–Kier alpha value is -2.60. The van der Waals surface area contributed by atoms with Gasteiger partial charge in [0.1, 0.15) is 9.41 Å². The summed E-state index contributed by atoms with van der Waals surface area (Å²) in [5.41, 5.74) is 1.92. The molecule has 1 aromatic heterocycles. The molecule has 0 amide bonds. The van der Waals surface area contributed by atoms with Crippen LogP contribution in [0.2, 0.25) is 0 Å². The number of hydrogen-bond acceptors (Lipinski definition) is 5. The van der Waals surface area contributed by atoms with Gasteiger partial charge < -0.3 is 14.6 Å². The molecule has 130 valence electrons. The van der Waals surface area contributed by atoms with Gasteiger partial charge in [0.05, 0.1) is 24.0 Å². The number of carbonyl (C=O) groups is 1. The summed E-state index contributed by atoms with van der Waals surface area (Å²) in [4.78, 5) is 12.7. The Labute approximate surface area is 149 Å². The highest BCUT2D eigenvalue weighted by Gasteiger charge is 2.26. The van der Waals surface area contributed by atoms with E-state index in [9.17, 15) is 9.90 Å². The first-order valence-corrected chi connectivity index (χ1v) is 8.98. The largest absolute Gasteiger partial charge is 0.480 e. The molecular formula is C19H20NO4S+. The first-order valence-electron chi connectivity index (χ1n) is 8.16. The third-order valence-corrected chi connectivity index (χ3v) is 4.91. The van der Waals surface area contributed by atoms with E-state index >= 15 is 0 Å². The number of carbonyl (C=O) groups excluding carboxylic acids is 1. The molecule has 0 saturated heterocycles. The average molecular weight is 358 g/mol. The minimum absolute atomic E-state index is 0.162. The molecule has 1 N–H and O–H groups in total. The Bertz CT molecular complexity index is 928. The summed E-state index contributed by atoms with van der Waals surface area (Å²) in [6, 6.07) is 10.0. The van der Waals surface area contributed by atoms with Gasteiger partial charge >= 0.3 is 5.97 Å². The van der Waals surface area contributed by atoms with Crippen LogP contribution in [0.25, 0.3) is 12.1 Å². The predicted molar refractivity (Wildman–Crippen MR) is 97.2 cm³/mol. The molecule has 0 radical (unpaired) electrons. The lowest BCUT2D eigenvalue weighted by molar-refractivity contribution is -0.431. The molecule has 0 bridgehead atoms. The van der Waals surface area contributed by atoms with Gasteiger partial charge in [-0.3, -0.25) is 0 Å². The summed E-state index contributed by atoms with van der Waals surface area (Å²) in [7, 11) is 0. The third kappa shape index (κ3) is 3.58. The SMILES string of the molecule is CCOC(=O)c1s/c(=C(/O)OCC)c2c1C=[N+](Cc1ccccc1)C=2. The van der Waals surface area contributed by atoms with Gasteiger partial charge in [-0.1, -0.05) is 30.3 Å². The van der Waals surface area contributed by atoms with Gasteiger partial charge in [-0.25, -0.2) is 4.79 Å². The molecule has 0 saturated carbocycles. The molecule has 6 heteroatoms. The monoisotopic (exact) mass is 358 g/mol. The first kappa shape index (κ1) is 17.2. The molecular weight excluding hydrogens is 338 g/mol. The molecule has 0 spiro atoms. The number of aliphatic hydroxyl groups is 1. The molecule has 2 heterocycles. The van der Waals surface area contributed by atoms with E-state index in [0.717, 1.165) is 16.3 Å². The van der Waals surface area contributed by atoms with Crippen LogP contribution in [-0.4, -0.2) is 35.1 Å². The Kier molecular flexibility index (Phi) is 5.19. The van der Waals surface area contributed by atoms with Crippen molar-refractivity contribution in [3.05, 3.63) is 56.1 Å². The maximum atomic E-state index is 12.3. The Morgan fingerprint density at radius 3 is 2.56 bits per heavy atom. The molecule has 0 aliphatic carbocycles. The van der Waals surface area contributed by atoms with Gasteiger partial charge in [0.2, 0.25) is 0 Å². The highest BCUT2D eigenvalue weighted by molar-refractivity contribution is 7.12. The lowest BCUT2D eigenvalue weighted by atomic mass is 10.2. The Morgan fingerprint density at radius 2 is 1.88 bits per heavy atom. The van der Waals surface area contributed by atoms with E-state index in [4.69, 9.17) is 9.47 Å². The second-order valence-electron chi connectivity index (χ2n) is 5.46. The fourth-order valence-electron chi connectivity index (χ4n) is 2.68. The summed E-state index contributed by atoms with van der Waals surface area (Å²) >= 11 is 1.19. The number of ether oxygens (including phenoxy) is 2. The van der Waals surface area contributed by atoms with Gasteiger partial charge in [0, 0.05) is 5.56 Å². The summed E-state index contributed by atoms with van der Waals surface area (Å²) in [6.07, 6.45) is 3.83. The topological polar surface area (TPSA) is 58.8 Å². The standard InChI is InChI=1S/C19H19NO4S/c1-3-23-18(21)16-14-11-20(10-13-8-6-5-7-9-13)12-15(14)17(25-16)19(22)24-4-2/h5-9,11-12H,3-4,10H2,1-2H3/p+1. The molecule has 0 unspecified atom stereocenters. The predicted octanol–water partition coefficient (Wildman–Crippen LogP) is 1.97. The van der Waals surface area contributed by atoms with Gasteiger partial charge in [0.25, 0.3) is 5.95 Å². The van der Waals surface area contributed by atoms with E-state index in [1.165, 1.54) is 11.3 Å². The number of aliphatic hydroxyl groups excluding tert-OH is 1. The fraction of sp³-hybridized carbons (Fsp3) is 0.263. The van der Waals surface area contributed by atoms with E-state index in [1.807, 2.05) is 47.3 Å². The van der Waals surface area contributed by atoms with Crippen molar-refractivity contribution in [3.8, 4) is 0 Å². The van der Waals surface area contributed by atoms with Gasteiger partial charge in [-0.2, -0.15) is 4.58 Å². The van der Waals surface area contributed by atoms with E-state index in [-0.39, 0.29) is 11.9 Å². The van der Waals surface area contributed by atoms with Crippen molar-refractivity contribution in [2.75, 3.05) is 13.2 Å². The average Bonchev–Trinajstić information content (AvgIpc) is 3.14. The minimum Gasteiger partial charge on any atom is -0.480 e. The molecule has 1 aromatic carbocycles. The van der Waals surface area contributed by atoms with E-state index in [0.29, 0.717) is 29.2 Å². The van der Waals surface area contributed by atoms with Gasteiger partial charge in [-0.15, -0.1) is 11.3 Å². The van der Waals surface area contributed by atoms with Crippen molar-refractivity contribution >= 4 is 35.7 Å². The minimum atomic E-state index is -0.384. The van der Waals surface area contributed by atoms with E-state index < -0.39 is 0 Å². The quantitative estimate of drug-likeness (QED) is 0.634. The van der Waals surface area contributed by atoms with Crippen LogP contribution in [0.4, 0.5) is 0 Å². The molecule has 0 atom stereocenters. The molecule has 1 aliphatic heterocycles. The molecule has 5 nitrogen and oxygen atoms in total. The maximum Gasteiger partial charge on any atom is 0.349 e. The Balaban J connectivity index is 2.06. The molecule has 25 heavy (non-hydrogen) atoms. The van der Waals surface area contributed by atoms with Gasteiger partial charge in [-0.05, 0) is 13.8 Å². The van der Waals surface area contributed by atoms with Crippen LogP contribution >= 0.6 is 11.3 Å². The fourth-order valence-corrected chi connectivity index (χ4v) is 3.71. The van der Waals surface area contributed by atoms with Crippen molar-refractivity contribution < 1.29 is 24.0 Å². The van der Waals surface area contributed by atoms with Crippen molar-refractivity contribution in [2.45, 2.75) is 20.4 Å².